The summed E-state index contributed by atoms with van der Waals surface area (Å²) in [6.45, 7) is 4.62. The van der Waals surface area contributed by atoms with Crippen molar-refractivity contribution >= 4 is 12.1 Å². The molecule has 0 aliphatic carbocycles. The Morgan fingerprint density at radius 1 is 1.15 bits per heavy atom. The van der Waals surface area contributed by atoms with Crippen molar-refractivity contribution in [2.75, 3.05) is 7.11 Å². The number of carbonyl (C=O) groups is 2. The monoisotopic (exact) mass is 297 g/mol. The molecule has 2 atom stereocenters. The van der Waals surface area contributed by atoms with E-state index >= 15 is 0 Å². The first-order chi connectivity index (χ1) is 8.97. The van der Waals surface area contributed by atoms with Gasteiger partial charge < -0.3 is 9.47 Å². The lowest BCUT2D eigenvalue weighted by Gasteiger charge is -2.32. The number of methoxy groups -OCH3 is 1. The molecule has 0 unspecified atom stereocenters. The lowest BCUT2D eigenvalue weighted by atomic mass is 10.2. The molecule has 0 aromatic heterocycles. The van der Waals surface area contributed by atoms with E-state index in [1.165, 1.54) is 20.8 Å². The van der Waals surface area contributed by atoms with Gasteiger partial charge in [-0.25, -0.2) is 9.59 Å². The lowest BCUT2D eigenvalue weighted by Crippen LogP contribution is -2.52. The Morgan fingerprint density at radius 2 is 1.70 bits per heavy atom. The molecule has 1 aliphatic rings. The van der Waals surface area contributed by atoms with Crippen LogP contribution in [0.3, 0.4) is 0 Å². The molecule has 116 valence electrons. The van der Waals surface area contributed by atoms with Crippen LogP contribution in [0.5, 0.6) is 0 Å². The topological polar surface area (TPSA) is 55.8 Å². The number of esters is 1. The third kappa shape index (κ3) is 3.77. The average Bonchev–Trinajstić information content (AvgIpc) is 2.69. The van der Waals surface area contributed by atoms with Crippen LogP contribution in [-0.2, 0) is 14.3 Å². The van der Waals surface area contributed by atoms with E-state index in [-0.39, 0.29) is 12.8 Å². The van der Waals surface area contributed by atoms with Crippen LogP contribution in [0.1, 0.15) is 33.6 Å². The zero-order valence-electron chi connectivity index (χ0n) is 11.8. The van der Waals surface area contributed by atoms with E-state index in [0.29, 0.717) is 4.90 Å². The Morgan fingerprint density at radius 3 is 2.10 bits per heavy atom. The fourth-order valence-corrected chi connectivity index (χ4v) is 2.07. The zero-order valence-corrected chi connectivity index (χ0v) is 11.8. The largest absolute Gasteiger partial charge is 0.467 e. The summed E-state index contributed by atoms with van der Waals surface area (Å²) in [5.41, 5.74) is -0.948. The van der Waals surface area contributed by atoms with E-state index in [0.717, 1.165) is 7.11 Å². The number of hydrogen-bond donors (Lipinski definition) is 0. The van der Waals surface area contributed by atoms with Crippen molar-refractivity contribution in [2.45, 2.75) is 57.5 Å². The van der Waals surface area contributed by atoms with Crippen LogP contribution in [0.4, 0.5) is 18.0 Å². The Hall–Kier alpha value is -1.47. The van der Waals surface area contributed by atoms with E-state index in [1.54, 1.807) is 0 Å². The Balaban J connectivity index is 3.02. The minimum atomic E-state index is -4.61. The van der Waals surface area contributed by atoms with Gasteiger partial charge in [0.1, 0.15) is 17.7 Å². The molecule has 8 heteroatoms. The number of carbonyl (C=O) groups excluding carboxylic acids is 2. The standard InChI is InChI=1S/C12H18F3NO4/c1-11(2,3)20-10(18)16-7(9(17)19-4)5-6-8(16)12(13,14)15/h7-8H,5-6H2,1-4H3/t7-,8+/m1/s1. The molecule has 0 bridgehead atoms. The first-order valence-corrected chi connectivity index (χ1v) is 6.13. The summed E-state index contributed by atoms with van der Waals surface area (Å²) in [6, 6.07) is -3.29. The molecule has 0 radical (unpaired) electrons. The number of nitrogens with zero attached hydrogens (tertiary/aromatic N) is 1. The van der Waals surface area contributed by atoms with Gasteiger partial charge in [0.2, 0.25) is 0 Å². The number of amides is 1. The number of likely N-dealkylation sites (tertiary alicyclic amines) is 1. The predicted molar refractivity (Wildman–Crippen MR) is 63.0 cm³/mol. The van der Waals surface area contributed by atoms with Crippen LogP contribution < -0.4 is 0 Å². The molecular weight excluding hydrogens is 279 g/mol. The molecule has 0 N–H and O–H groups in total. The van der Waals surface area contributed by atoms with Crippen LogP contribution in [0.15, 0.2) is 0 Å². The molecule has 0 aromatic carbocycles. The fraction of sp³-hybridized carbons (Fsp3) is 0.833. The van der Waals surface area contributed by atoms with Crippen molar-refractivity contribution in [1.82, 2.24) is 4.90 Å². The van der Waals surface area contributed by atoms with Gasteiger partial charge >= 0.3 is 18.2 Å². The highest BCUT2D eigenvalue weighted by Gasteiger charge is 2.54. The number of ether oxygens (including phenoxy) is 2. The highest BCUT2D eigenvalue weighted by molar-refractivity contribution is 5.82. The summed E-state index contributed by atoms with van der Waals surface area (Å²) in [5.74, 6) is -0.873. The van der Waals surface area contributed by atoms with Crippen LogP contribution in [-0.4, -0.2) is 47.9 Å². The molecule has 20 heavy (non-hydrogen) atoms. The molecule has 0 aromatic rings. The van der Waals surface area contributed by atoms with Gasteiger partial charge in [0.25, 0.3) is 0 Å². The molecule has 5 nitrogen and oxygen atoms in total. The summed E-state index contributed by atoms with van der Waals surface area (Å²) in [5, 5.41) is 0. The molecule has 1 saturated heterocycles. The number of rotatable bonds is 1. The second-order valence-electron chi connectivity index (χ2n) is 5.56. The molecule has 1 amide bonds. The minimum absolute atomic E-state index is 0.101. The van der Waals surface area contributed by atoms with Gasteiger partial charge in [-0.15, -0.1) is 0 Å². The smallest absolute Gasteiger partial charge is 0.411 e. The normalized spacial score (nSPS) is 23.6. The third-order valence-electron chi connectivity index (χ3n) is 2.84. The summed E-state index contributed by atoms with van der Waals surface area (Å²) in [7, 11) is 1.07. The van der Waals surface area contributed by atoms with Crippen molar-refractivity contribution in [3.05, 3.63) is 0 Å². The Bertz CT molecular complexity index is 389. The maximum Gasteiger partial charge on any atom is 0.411 e. The second kappa shape index (κ2) is 5.49. The van der Waals surface area contributed by atoms with E-state index in [2.05, 4.69) is 4.74 Å². The van der Waals surface area contributed by atoms with E-state index in [1.807, 2.05) is 0 Å². The quantitative estimate of drug-likeness (QED) is 0.698. The summed E-state index contributed by atoms with van der Waals surface area (Å²) < 4.78 is 48.2. The van der Waals surface area contributed by atoms with Crippen molar-refractivity contribution in [3.63, 3.8) is 0 Å². The summed E-state index contributed by atoms with van der Waals surface area (Å²) in [6.07, 6.45) is -6.22. The number of halogens is 3. The highest BCUT2D eigenvalue weighted by Crippen LogP contribution is 2.37. The van der Waals surface area contributed by atoms with Crippen molar-refractivity contribution in [2.24, 2.45) is 0 Å². The molecule has 1 rings (SSSR count). The molecule has 0 saturated carbocycles. The van der Waals surface area contributed by atoms with Crippen molar-refractivity contribution < 1.29 is 32.2 Å². The van der Waals surface area contributed by atoms with Crippen LogP contribution in [0.2, 0.25) is 0 Å². The van der Waals surface area contributed by atoms with Crippen molar-refractivity contribution in [1.29, 1.82) is 0 Å². The molecule has 0 spiro atoms. The second-order valence-corrected chi connectivity index (χ2v) is 5.56. The van der Waals surface area contributed by atoms with Gasteiger partial charge in [0.15, 0.2) is 0 Å². The van der Waals surface area contributed by atoms with Crippen LogP contribution in [0, 0.1) is 0 Å². The van der Waals surface area contributed by atoms with Gasteiger partial charge in [-0.1, -0.05) is 0 Å². The minimum Gasteiger partial charge on any atom is -0.467 e. The van der Waals surface area contributed by atoms with Gasteiger partial charge in [-0.05, 0) is 33.6 Å². The first-order valence-electron chi connectivity index (χ1n) is 6.13. The first kappa shape index (κ1) is 16.6. The molecule has 1 heterocycles. The number of hydrogen-bond acceptors (Lipinski definition) is 4. The average molecular weight is 297 g/mol. The van der Waals surface area contributed by atoms with Crippen LogP contribution >= 0.6 is 0 Å². The van der Waals surface area contributed by atoms with Gasteiger partial charge in [0.05, 0.1) is 7.11 Å². The fourth-order valence-electron chi connectivity index (χ4n) is 2.07. The maximum atomic E-state index is 12.9. The van der Waals surface area contributed by atoms with E-state index < -0.39 is 35.9 Å². The van der Waals surface area contributed by atoms with Crippen molar-refractivity contribution in [3.8, 4) is 0 Å². The molecule has 1 fully saturated rings. The van der Waals surface area contributed by atoms with Gasteiger partial charge in [0, 0.05) is 0 Å². The molecule has 1 aliphatic heterocycles. The number of alkyl halides is 3. The lowest BCUT2D eigenvalue weighted by molar-refractivity contribution is -0.179. The van der Waals surface area contributed by atoms with Gasteiger partial charge in [-0.3, -0.25) is 4.90 Å². The van der Waals surface area contributed by atoms with E-state index in [4.69, 9.17) is 4.74 Å². The predicted octanol–water partition coefficient (Wildman–Crippen LogP) is 2.49. The molecular formula is C12H18F3NO4. The summed E-state index contributed by atoms with van der Waals surface area (Å²) in [4.78, 5) is 23.9. The Labute approximate surface area is 115 Å². The Kier molecular flexibility index (Phi) is 4.55. The van der Waals surface area contributed by atoms with Gasteiger partial charge in [-0.2, -0.15) is 13.2 Å². The highest BCUT2D eigenvalue weighted by atomic mass is 19.4. The zero-order chi connectivity index (χ0) is 15.7. The maximum absolute atomic E-state index is 12.9. The third-order valence-corrected chi connectivity index (χ3v) is 2.84. The van der Waals surface area contributed by atoms with Crippen LogP contribution in [0.25, 0.3) is 0 Å². The SMILES string of the molecule is COC(=O)[C@H]1CC[C@@H](C(F)(F)F)N1C(=O)OC(C)(C)C. The van der Waals surface area contributed by atoms with E-state index in [9.17, 15) is 22.8 Å². The summed E-state index contributed by atoms with van der Waals surface area (Å²) >= 11 is 0.